The molecule has 3 aromatic heterocycles. The fourth-order valence-electron chi connectivity index (χ4n) is 5.56. The maximum absolute atomic E-state index is 2.51. The molecule has 4 heterocycles. The number of rotatable bonds is 4. The summed E-state index contributed by atoms with van der Waals surface area (Å²) in [6.07, 6.45) is 10.9. The molecule has 180 valence electrons. The molecule has 1 aliphatic heterocycles. The second-order valence-electron chi connectivity index (χ2n) is 9.29. The van der Waals surface area contributed by atoms with Crippen molar-refractivity contribution in [3.8, 4) is 0 Å². The first-order chi connectivity index (χ1) is 17.7. The molecule has 0 atom stereocenters. The van der Waals surface area contributed by atoms with Crippen LogP contribution in [0.25, 0.3) is 36.5 Å². The van der Waals surface area contributed by atoms with Crippen molar-refractivity contribution >= 4 is 87.9 Å². The average Bonchev–Trinajstić information content (AvgIpc) is 3.66. The minimum Gasteiger partial charge on any atom is -0.335 e. The molecule has 5 aromatic rings. The molecule has 0 bridgehead atoms. The molecule has 0 unspecified atom stereocenters. The molecule has 1 aliphatic carbocycles. The Morgan fingerprint density at radius 3 is 2.50 bits per heavy atom. The zero-order chi connectivity index (χ0) is 24.2. The van der Waals surface area contributed by atoms with Crippen LogP contribution in [0, 0.1) is 0 Å². The largest absolute Gasteiger partial charge is 0.335 e. The first-order valence-electron chi connectivity index (χ1n) is 12.6. The number of thioether (sulfide) groups is 1. The summed E-state index contributed by atoms with van der Waals surface area (Å²) in [5.41, 5.74) is 5.70. The van der Waals surface area contributed by atoms with Gasteiger partial charge in [0.1, 0.15) is 11.2 Å². The van der Waals surface area contributed by atoms with Crippen molar-refractivity contribution in [1.82, 2.24) is 0 Å². The van der Waals surface area contributed by atoms with Gasteiger partial charge in [-0.25, -0.2) is 0 Å². The first kappa shape index (κ1) is 22.8. The molecule has 2 nitrogen and oxygen atoms in total. The van der Waals surface area contributed by atoms with E-state index >= 15 is 0 Å². The number of benzene rings is 2. The van der Waals surface area contributed by atoms with Gasteiger partial charge in [-0.1, -0.05) is 29.2 Å². The van der Waals surface area contributed by atoms with Gasteiger partial charge in [-0.2, -0.15) is 4.57 Å². The molecular weight excluding hydrogens is 517 g/mol. The number of hydrogen-bond acceptors (Lipinski definition) is 5. The normalized spacial score (nSPS) is 18.3. The van der Waals surface area contributed by atoms with E-state index in [1.807, 2.05) is 45.8 Å². The Balaban J connectivity index is 1.26. The SMILES string of the molecule is CCN1/C(=C/C2=CC(=C/c3sc4ccc5sccc5c4[n+]3CC)/CCC2)Sc2ccc3sccc3c21. The molecule has 0 radical (unpaired) electrons. The number of aromatic nitrogens is 1. The highest BCUT2D eigenvalue weighted by atomic mass is 32.2. The zero-order valence-electron chi connectivity index (χ0n) is 20.4. The second kappa shape index (κ2) is 9.18. The van der Waals surface area contributed by atoms with Crippen LogP contribution in [0.4, 0.5) is 5.69 Å². The Kier molecular flexibility index (Phi) is 5.81. The highest BCUT2D eigenvalue weighted by Gasteiger charge is 2.27. The molecule has 0 saturated heterocycles. The van der Waals surface area contributed by atoms with Gasteiger partial charge in [0.2, 0.25) is 5.52 Å². The number of anilines is 1. The van der Waals surface area contributed by atoms with Crippen LogP contribution in [0.2, 0.25) is 0 Å². The van der Waals surface area contributed by atoms with Gasteiger partial charge in [-0.3, -0.25) is 0 Å². The maximum Gasteiger partial charge on any atom is 0.263 e. The van der Waals surface area contributed by atoms with E-state index in [2.05, 4.69) is 88.7 Å². The minimum absolute atomic E-state index is 0.992. The van der Waals surface area contributed by atoms with Crippen LogP contribution < -0.4 is 9.47 Å². The molecule has 0 saturated carbocycles. The summed E-state index contributed by atoms with van der Waals surface area (Å²) in [6, 6.07) is 13.7. The summed E-state index contributed by atoms with van der Waals surface area (Å²) >= 11 is 7.52. The molecule has 36 heavy (non-hydrogen) atoms. The van der Waals surface area contributed by atoms with E-state index in [1.165, 1.54) is 68.6 Å². The molecule has 0 amide bonds. The average molecular weight is 544 g/mol. The van der Waals surface area contributed by atoms with Crippen molar-refractivity contribution in [3.05, 3.63) is 80.5 Å². The second-order valence-corrected chi connectivity index (χ2v) is 13.3. The smallest absolute Gasteiger partial charge is 0.263 e. The van der Waals surface area contributed by atoms with Gasteiger partial charge in [0, 0.05) is 32.3 Å². The standard InChI is InChI=1S/C30H27N2S4/c1-3-31-27(35-25-10-8-23-21(29(25)31)12-14-33-23)17-19-6-5-7-20(16-19)18-28-32(4-2)30-22-13-15-34-24(22)9-11-26(30)36-28/h8-18H,3-7H2,1-2H3/q+1. The van der Waals surface area contributed by atoms with Gasteiger partial charge in [0.25, 0.3) is 5.01 Å². The van der Waals surface area contributed by atoms with Gasteiger partial charge in [-0.15, -0.1) is 22.7 Å². The molecule has 0 fully saturated rings. The Labute approximate surface area is 227 Å². The van der Waals surface area contributed by atoms with Crippen molar-refractivity contribution in [2.45, 2.75) is 44.6 Å². The van der Waals surface area contributed by atoms with Gasteiger partial charge in [0.05, 0.1) is 16.1 Å². The van der Waals surface area contributed by atoms with E-state index < -0.39 is 0 Å². The highest BCUT2D eigenvalue weighted by Crippen LogP contribution is 2.50. The van der Waals surface area contributed by atoms with E-state index in [9.17, 15) is 0 Å². The Bertz CT molecular complexity index is 1730. The number of fused-ring (bicyclic) bond motifs is 6. The van der Waals surface area contributed by atoms with E-state index in [0.717, 1.165) is 25.9 Å². The summed E-state index contributed by atoms with van der Waals surface area (Å²) in [5, 5.41) is 9.94. The van der Waals surface area contributed by atoms with Gasteiger partial charge < -0.3 is 4.90 Å². The van der Waals surface area contributed by atoms with E-state index in [0.29, 0.717) is 0 Å². The number of aryl methyl sites for hydroxylation is 1. The van der Waals surface area contributed by atoms with Crippen LogP contribution in [0.5, 0.6) is 0 Å². The minimum atomic E-state index is 0.992. The Morgan fingerprint density at radius 1 is 0.889 bits per heavy atom. The third kappa shape index (κ3) is 3.69. The van der Waals surface area contributed by atoms with Crippen LogP contribution in [0.3, 0.4) is 0 Å². The lowest BCUT2D eigenvalue weighted by Gasteiger charge is -2.20. The van der Waals surface area contributed by atoms with Gasteiger partial charge in [-0.05, 0) is 97.5 Å². The molecule has 2 aliphatic rings. The highest BCUT2D eigenvalue weighted by molar-refractivity contribution is 8.03. The number of allylic oxidation sites excluding steroid dienone is 4. The third-order valence-corrected chi connectivity index (χ3v) is 11.2. The lowest BCUT2D eigenvalue weighted by molar-refractivity contribution is -0.664. The molecule has 0 N–H and O–H groups in total. The summed E-state index contributed by atoms with van der Waals surface area (Å²) in [6.45, 7) is 6.52. The Morgan fingerprint density at radius 2 is 1.67 bits per heavy atom. The van der Waals surface area contributed by atoms with Gasteiger partial charge >= 0.3 is 0 Å². The molecular formula is C30H27N2S4+. The number of hydrogen-bond donors (Lipinski definition) is 0. The number of nitrogens with zero attached hydrogens (tertiary/aromatic N) is 2. The van der Waals surface area contributed by atoms with Crippen molar-refractivity contribution in [3.63, 3.8) is 0 Å². The fourth-order valence-corrected chi connectivity index (χ4v) is 9.58. The quantitative estimate of drug-likeness (QED) is 0.208. The van der Waals surface area contributed by atoms with Crippen LogP contribution in [-0.2, 0) is 6.54 Å². The molecule has 0 spiro atoms. The molecule has 2 aromatic carbocycles. The summed E-state index contributed by atoms with van der Waals surface area (Å²) in [5.74, 6) is 0. The first-order valence-corrected chi connectivity index (χ1v) is 16.0. The molecule has 7 rings (SSSR count). The third-order valence-electron chi connectivity index (χ3n) is 7.19. The van der Waals surface area contributed by atoms with E-state index in [4.69, 9.17) is 0 Å². The van der Waals surface area contributed by atoms with Crippen molar-refractivity contribution in [2.75, 3.05) is 11.4 Å². The van der Waals surface area contributed by atoms with Crippen LogP contribution in [0.15, 0.2) is 80.4 Å². The lowest BCUT2D eigenvalue weighted by atomic mass is 9.95. The van der Waals surface area contributed by atoms with Crippen LogP contribution >= 0.6 is 45.8 Å². The Hall–Kier alpha value is -2.38. The fraction of sp³-hybridized carbons (Fsp3) is 0.233. The van der Waals surface area contributed by atoms with Crippen LogP contribution in [-0.4, -0.2) is 6.54 Å². The summed E-state index contributed by atoms with van der Waals surface area (Å²) in [4.78, 5) is 3.90. The summed E-state index contributed by atoms with van der Waals surface area (Å²) in [7, 11) is 0. The zero-order valence-corrected chi connectivity index (χ0v) is 23.7. The maximum atomic E-state index is 2.51. The van der Waals surface area contributed by atoms with Crippen molar-refractivity contribution in [2.24, 2.45) is 0 Å². The topological polar surface area (TPSA) is 7.12 Å². The van der Waals surface area contributed by atoms with Crippen molar-refractivity contribution < 1.29 is 4.57 Å². The van der Waals surface area contributed by atoms with Crippen LogP contribution in [0.1, 0.15) is 38.1 Å². The van der Waals surface area contributed by atoms with Gasteiger partial charge in [0.15, 0.2) is 0 Å². The predicted molar refractivity (Wildman–Crippen MR) is 162 cm³/mol. The van der Waals surface area contributed by atoms with E-state index in [-0.39, 0.29) is 0 Å². The lowest BCUT2D eigenvalue weighted by Crippen LogP contribution is -2.33. The van der Waals surface area contributed by atoms with Crippen molar-refractivity contribution in [1.29, 1.82) is 0 Å². The summed E-state index contributed by atoms with van der Waals surface area (Å²) < 4.78 is 6.65. The number of thiophene rings is 2. The van der Waals surface area contributed by atoms with E-state index in [1.54, 1.807) is 0 Å². The molecule has 6 heteroatoms. The monoisotopic (exact) mass is 543 g/mol. The predicted octanol–water partition coefficient (Wildman–Crippen LogP) is 9.61. The number of thiazole rings is 1.